The summed E-state index contributed by atoms with van der Waals surface area (Å²) < 4.78 is 1.09. The topological polar surface area (TPSA) is 20.2 Å². The van der Waals surface area contributed by atoms with Crippen LogP contribution >= 0.6 is 27.7 Å². The summed E-state index contributed by atoms with van der Waals surface area (Å²) in [7, 11) is 0. The van der Waals surface area contributed by atoms with Crippen LogP contribution in [-0.4, -0.2) is 17.0 Å². The van der Waals surface area contributed by atoms with Crippen LogP contribution in [0.3, 0.4) is 0 Å². The zero-order chi connectivity index (χ0) is 11.3. The smallest absolute Gasteiger partial charge is 0.0636 e. The lowest BCUT2D eigenvalue weighted by molar-refractivity contribution is 0.172. The van der Waals surface area contributed by atoms with Crippen molar-refractivity contribution in [2.45, 2.75) is 31.3 Å². The number of aliphatic hydroxyl groups is 1. The fourth-order valence-corrected chi connectivity index (χ4v) is 2.82. The van der Waals surface area contributed by atoms with E-state index >= 15 is 0 Å². The average Bonchev–Trinajstić information content (AvgIpc) is 2.14. The van der Waals surface area contributed by atoms with Gasteiger partial charge in [0.15, 0.2) is 0 Å². The molecule has 1 N–H and O–H groups in total. The van der Waals surface area contributed by atoms with Crippen molar-refractivity contribution >= 4 is 27.7 Å². The van der Waals surface area contributed by atoms with Crippen LogP contribution in [0.2, 0.25) is 0 Å². The fraction of sp³-hybridized carbons (Fsp3) is 0.500. The van der Waals surface area contributed by atoms with Crippen LogP contribution in [0.4, 0.5) is 0 Å². The normalized spacial score (nSPS) is 13.1. The predicted molar refractivity (Wildman–Crippen MR) is 70.3 cm³/mol. The lowest BCUT2D eigenvalue weighted by Gasteiger charge is -2.12. The minimum atomic E-state index is -0.200. The van der Waals surface area contributed by atoms with E-state index in [0.29, 0.717) is 5.92 Å². The highest BCUT2D eigenvalue weighted by atomic mass is 79.9. The number of hydrogen-bond donors (Lipinski definition) is 1. The van der Waals surface area contributed by atoms with Gasteiger partial charge in [-0.1, -0.05) is 35.8 Å². The Labute approximate surface area is 104 Å². The zero-order valence-corrected chi connectivity index (χ0v) is 11.5. The van der Waals surface area contributed by atoms with E-state index in [1.807, 2.05) is 12.1 Å². The molecule has 0 aliphatic heterocycles. The number of halogens is 1. The van der Waals surface area contributed by atoms with Gasteiger partial charge in [0.1, 0.15) is 0 Å². The van der Waals surface area contributed by atoms with Gasteiger partial charge in [0, 0.05) is 15.1 Å². The molecule has 0 saturated carbocycles. The highest BCUT2D eigenvalue weighted by molar-refractivity contribution is 9.10. The van der Waals surface area contributed by atoms with E-state index < -0.39 is 0 Å². The molecule has 0 heterocycles. The van der Waals surface area contributed by atoms with Crippen molar-refractivity contribution < 1.29 is 5.11 Å². The summed E-state index contributed by atoms with van der Waals surface area (Å²) in [6, 6.07) is 8.17. The van der Waals surface area contributed by atoms with Crippen molar-refractivity contribution in [2.75, 3.05) is 5.75 Å². The molecule has 1 atom stereocenters. The van der Waals surface area contributed by atoms with Crippen LogP contribution in [0.1, 0.15) is 20.3 Å². The van der Waals surface area contributed by atoms with Gasteiger partial charge in [-0.05, 0) is 30.5 Å². The molecule has 1 nitrogen and oxygen atoms in total. The van der Waals surface area contributed by atoms with E-state index in [4.69, 9.17) is 0 Å². The molecule has 1 aromatic rings. The summed E-state index contributed by atoms with van der Waals surface area (Å²) >= 11 is 5.14. The van der Waals surface area contributed by atoms with Gasteiger partial charge in [-0.2, -0.15) is 0 Å². The Morgan fingerprint density at radius 3 is 2.73 bits per heavy atom. The van der Waals surface area contributed by atoms with Crippen molar-refractivity contribution in [3.8, 4) is 0 Å². The zero-order valence-electron chi connectivity index (χ0n) is 9.11. The third kappa shape index (κ3) is 5.59. The van der Waals surface area contributed by atoms with Crippen molar-refractivity contribution in [1.29, 1.82) is 0 Å². The number of thioether (sulfide) groups is 1. The van der Waals surface area contributed by atoms with Gasteiger partial charge in [-0.25, -0.2) is 0 Å². The summed E-state index contributed by atoms with van der Waals surface area (Å²) in [5.74, 6) is 1.33. The van der Waals surface area contributed by atoms with Gasteiger partial charge < -0.3 is 5.11 Å². The van der Waals surface area contributed by atoms with E-state index in [9.17, 15) is 5.11 Å². The number of rotatable bonds is 5. The maximum Gasteiger partial charge on any atom is 0.0636 e. The molecular weight excluding hydrogens is 272 g/mol. The fourth-order valence-electron chi connectivity index (χ4n) is 1.36. The number of benzene rings is 1. The second kappa shape index (κ2) is 6.56. The van der Waals surface area contributed by atoms with Crippen LogP contribution in [0.25, 0.3) is 0 Å². The molecule has 0 aliphatic carbocycles. The third-order valence-electron chi connectivity index (χ3n) is 1.98. The quantitative estimate of drug-likeness (QED) is 0.828. The monoisotopic (exact) mass is 288 g/mol. The molecule has 0 bridgehead atoms. The summed E-state index contributed by atoms with van der Waals surface area (Å²) in [4.78, 5) is 1.20. The first-order valence-corrected chi connectivity index (χ1v) is 6.92. The predicted octanol–water partition coefficient (Wildman–Crippen LogP) is 3.95. The molecule has 3 heteroatoms. The first-order valence-electron chi connectivity index (χ1n) is 5.14. The van der Waals surface area contributed by atoms with Gasteiger partial charge >= 0.3 is 0 Å². The minimum Gasteiger partial charge on any atom is -0.392 e. The standard InChI is InChI=1S/C12H17BrOS/c1-9(2)6-11(14)8-15-12-5-3-4-10(13)7-12/h3-5,7,9,11,14H,6,8H2,1-2H3. The first-order chi connectivity index (χ1) is 7.08. The van der Waals surface area contributed by atoms with Gasteiger partial charge in [0.25, 0.3) is 0 Å². The third-order valence-corrected chi connectivity index (χ3v) is 3.61. The lowest BCUT2D eigenvalue weighted by atomic mass is 10.1. The summed E-state index contributed by atoms with van der Waals surface area (Å²) in [6.45, 7) is 4.26. The Balaban J connectivity index is 2.36. The molecule has 0 radical (unpaired) electrons. The number of hydrogen-bond acceptors (Lipinski definition) is 2. The highest BCUT2D eigenvalue weighted by Crippen LogP contribution is 2.23. The van der Waals surface area contributed by atoms with E-state index in [1.54, 1.807) is 11.8 Å². The van der Waals surface area contributed by atoms with E-state index in [-0.39, 0.29) is 6.10 Å². The maximum atomic E-state index is 9.72. The Kier molecular flexibility index (Phi) is 5.72. The minimum absolute atomic E-state index is 0.200. The van der Waals surface area contributed by atoms with Crippen LogP contribution < -0.4 is 0 Å². The van der Waals surface area contributed by atoms with Crippen molar-refractivity contribution in [3.63, 3.8) is 0 Å². The summed E-state index contributed by atoms with van der Waals surface area (Å²) in [5.41, 5.74) is 0. The van der Waals surface area contributed by atoms with Crippen LogP contribution in [0.5, 0.6) is 0 Å². The van der Waals surface area contributed by atoms with Crippen molar-refractivity contribution in [1.82, 2.24) is 0 Å². The molecule has 84 valence electrons. The van der Waals surface area contributed by atoms with E-state index in [1.165, 1.54) is 4.90 Å². The van der Waals surface area contributed by atoms with Crippen molar-refractivity contribution in [3.05, 3.63) is 28.7 Å². The molecular formula is C12H17BrOS. The van der Waals surface area contributed by atoms with Crippen LogP contribution in [0.15, 0.2) is 33.6 Å². The molecule has 1 aromatic carbocycles. The van der Waals surface area contributed by atoms with Crippen molar-refractivity contribution in [2.24, 2.45) is 5.92 Å². The van der Waals surface area contributed by atoms with Gasteiger partial charge in [0.05, 0.1) is 6.10 Å². The molecule has 0 saturated heterocycles. The Morgan fingerprint density at radius 1 is 1.40 bits per heavy atom. The van der Waals surface area contributed by atoms with E-state index in [0.717, 1.165) is 16.6 Å². The van der Waals surface area contributed by atoms with E-state index in [2.05, 4.69) is 41.9 Å². The average molecular weight is 289 g/mol. The van der Waals surface area contributed by atoms with Gasteiger partial charge in [-0.15, -0.1) is 11.8 Å². The molecule has 1 unspecified atom stereocenters. The second-order valence-electron chi connectivity index (χ2n) is 4.05. The summed E-state index contributed by atoms with van der Waals surface area (Å²) in [5, 5.41) is 9.72. The molecule has 0 spiro atoms. The Hall–Kier alpha value is 0.01000. The van der Waals surface area contributed by atoms with Gasteiger partial charge in [-0.3, -0.25) is 0 Å². The van der Waals surface area contributed by atoms with Gasteiger partial charge in [0.2, 0.25) is 0 Å². The second-order valence-corrected chi connectivity index (χ2v) is 6.06. The van der Waals surface area contributed by atoms with Crippen LogP contribution in [-0.2, 0) is 0 Å². The largest absolute Gasteiger partial charge is 0.392 e. The SMILES string of the molecule is CC(C)CC(O)CSc1cccc(Br)c1. The first kappa shape index (κ1) is 13.1. The molecule has 0 aromatic heterocycles. The Morgan fingerprint density at radius 2 is 2.13 bits per heavy atom. The molecule has 0 fully saturated rings. The lowest BCUT2D eigenvalue weighted by Crippen LogP contribution is -2.12. The molecule has 0 aliphatic rings. The maximum absolute atomic E-state index is 9.72. The van der Waals surface area contributed by atoms with Crippen LogP contribution in [0, 0.1) is 5.92 Å². The highest BCUT2D eigenvalue weighted by Gasteiger charge is 2.07. The summed E-state index contributed by atoms with van der Waals surface area (Å²) in [6.07, 6.45) is 0.676. The number of aliphatic hydroxyl groups excluding tert-OH is 1. The Bertz CT molecular complexity index is 301. The molecule has 1 rings (SSSR count). The molecule has 15 heavy (non-hydrogen) atoms. The molecule has 0 amide bonds.